The third kappa shape index (κ3) is 4.20. The minimum Gasteiger partial charge on any atom is -0.476 e. The maximum atomic E-state index is 13.0. The minimum atomic E-state index is 0.117. The van der Waals surface area contributed by atoms with Crippen LogP contribution in [0.2, 0.25) is 0 Å². The zero-order chi connectivity index (χ0) is 19.3. The lowest BCUT2D eigenvalue weighted by molar-refractivity contribution is -0.118. The number of amides is 1. The van der Waals surface area contributed by atoms with E-state index in [4.69, 9.17) is 14.0 Å². The fourth-order valence-electron chi connectivity index (χ4n) is 3.98. The van der Waals surface area contributed by atoms with Gasteiger partial charge in [-0.15, -0.1) is 0 Å². The summed E-state index contributed by atoms with van der Waals surface area (Å²) in [6, 6.07) is 10.0. The zero-order valence-corrected chi connectivity index (χ0v) is 16.3. The normalized spacial score (nSPS) is 19.6. The van der Waals surface area contributed by atoms with E-state index in [0.29, 0.717) is 37.0 Å². The number of aromatic nitrogens is 1. The van der Waals surface area contributed by atoms with Crippen molar-refractivity contribution < 1.29 is 18.8 Å². The van der Waals surface area contributed by atoms with Crippen molar-refractivity contribution in [2.24, 2.45) is 0 Å². The molecule has 1 amide bonds. The van der Waals surface area contributed by atoms with E-state index in [0.717, 1.165) is 45.1 Å². The molecule has 7 heteroatoms. The van der Waals surface area contributed by atoms with Gasteiger partial charge in [-0.25, -0.2) is 0 Å². The van der Waals surface area contributed by atoms with Gasteiger partial charge in [0, 0.05) is 56.7 Å². The van der Waals surface area contributed by atoms with Crippen molar-refractivity contribution in [3.63, 3.8) is 0 Å². The van der Waals surface area contributed by atoms with E-state index in [1.165, 1.54) is 5.56 Å². The zero-order valence-electron chi connectivity index (χ0n) is 16.3. The lowest BCUT2D eigenvalue weighted by Gasteiger charge is -2.29. The van der Waals surface area contributed by atoms with Crippen LogP contribution in [0.25, 0.3) is 0 Å². The number of para-hydroxylation sites is 1. The summed E-state index contributed by atoms with van der Waals surface area (Å²) in [5.41, 5.74) is 2.30. The highest BCUT2D eigenvalue weighted by atomic mass is 16.5. The Bertz CT molecular complexity index is 800. The number of fused-ring (bicyclic) bond motifs is 1. The van der Waals surface area contributed by atoms with E-state index < -0.39 is 0 Å². The second kappa shape index (κ2) is 8.75. The topological polar surface area (TPSA) is 68.0 Å². The van der Waals surface area contributed by atoms with Crippen LogP contribution in [0.1, 0.15) is 30.6 Å². The van der Waals surface area contributed by atoms with Crippen LogP contribution in [0.3, 0.4) is 0 Å². The fourth-order valence-corrected chi connectivity index (χ4v) is 3.98. The molecule has 28 heavy (non-hydrogen) atoms. The summed E-state index contributed by atoms with van der Waals surface area (Å²) in [5, 5.41) is 3.86. The number of benzene rings is 1. The summed E-state index contributed by atoms with van der Waals surface area (Å²) in [4.78, 5) is 17.3. The van der Waals surface area contributed by atoms with E-state index in [9.17, 15) is 4.79 Å². The van der Waals surface area contributed by atoms with Crippen molar-refractivity contribution in [1.82, 2.24) is 10.1 Å². The maximum absolute atomic E-state index is 13.0. The summed E-state index contributed by atoms with van der Waals surface area (Å²) in [5.74, 6) is 1.61. The number of aryl methyl sites for hydroxylation is 1. The Morgan fingerprint density at radius 2 is 2.11 bits per heavy atom. The van der Waals surface area contributed by atoms with Gasteiger partial charge < -0.3 is 18.9 Å². The van der Waals surface area contributed by atoms with Crippen molar-refractivity contribution >= 4 is 11.6 Å². The lowest BCUT2D eigenvalue weighted by Crippen LogP contribution is -2.40. The van der Waals surface area contributed by atoms with Crippen LogP contribution in [0.15, 0.2) is 34.9 Å². The van der Waals surface area contributed by atoms with Crippen LogP contribution in [-0.2, 0) is 16.0 Å². The summed E-state index contributed by atoms with van der Waals surface area (Å²) in [7, 11) is 0. The molecule has 0 bridgehead atoms. The number of nitrogens with zero attached hydrogens (tertiary/aromatic N) is 3. The maximum Gasteiger partial charge on any atom is 0.254 e. The van der Waals surface area contributed by atoms with Gasteiger partial charge in [0.15, 0.2) is 0 Å². The van der Waals surface area contributed by atoms with E-state index in [2.05, 4.69) is 22.2 Å². The Kier molecular flexibility index (Phi) is 5.92. The summed E-state index contributed by atoms with van der Waals surface area (Å²) < 4.78 is 16.0. The molecule has 2 aromatic rings. The number of carbonyl (C=O) groups excluding carboxylic acids is 1. The fraction of sp³-hybridized carbons (Fsp3) is 0.524. The third-order valence-electron chi connectivity index (χ3n) is 5.37. The molecule has 1 aromatic heterocycles. The van der Waals surface area contributed by atoms with Crippen molar-refractivity contribution in [3.05, 3.63) is 41.7 Å². The van der Waals surface area contributed by atoms with Crippen LogP contribution in [0.4, 0.5) is 5.69 Å². The number of anilines is 1. The number of ether oxygens (including phenoxy) is 2. The number of rotatable bonds is 7. The minimum absolute atomic E-state index is 0.117. The van der Waals surface area contributed by atoms with Gasteiger partial charge in [-0.3, -0.25) is 9.69 Å². The van der Waals surface area contributed by atoms with Gasteiger partial charge >= 0.3 is 0 Å². The summed E-state index contributed by atoms with van der Waals surface area (Å²) in [6.07, 6.45) is 0.908. The van der Waals surface area contributed by atoms with Gasteiger partial charge in [0.1, 0.15) is 5.76 Å². The quantitative estimate of drug-likeness (QED) is 0.729. The molecule has 1 aromatic carbocycles. The van der Waals surface area contributed by atoms with Crippen LogP contribution < -0.4 is 9.64 Å². The first kappa shape index (κ1) is 19.0. The van der Waals surface area contributed by atoms with Crippen LogP contribution in [0.5, 0.6) is 5.88 Å². The smallest absolute Gasteiger partial charge is 0.254 e. The molecule has 2 aliphatic rings. The number of hydrogen-bond donors (Lipinski definition) is 0. The van der Waals surface area contributed by atoms with Gasteiger partial charge in [0.25, 0.3) is 5.88 Å². The molecule has 1 atom stereocenters. The number of hydrogen-bond acceptors (Lipinski definition) is 6. The average molecular weight is 385 g/mol. The molecule has 0 spiro atoms. The molecule has 7 nitrogen and oxygen atoms in total. The number of carbonyl (C=O) groups is 1. The first-order chi connectivity index (χ1) is 13.7. The molecule has 0 aliphatic carbocycles. The van der Waals surface area contributed by atoms with E-state index >= 15 is 0 Å². The Labute approximate surface area is 165 Å². The second-order valence-corrected chi connectivity index (χ2v) is 7.24. The van der Waals surface area contributed by atoms with Gasteiger partial charge in [0.2, 0.25) is 5.91 Å². The van der Waals surface area contributed by atoms with Crippen LogP contribution in [-0.4, -0.2) is 62.0 Å². The predicted molar refractivity (Wildman–Crippen MR) is 105 cm³/mol. The molecule has 0 radical (unpaired) electrons. The van der Waals surface area contributed by atoms with E-state index in [1.807, 2.05) is 24.0 Å². The predicted octanol–water partition coefficient (Wildman–Crippen LogP) is 2.47. The SMILES string of the molecule is CCOc1cc(CCC(=O)N2C[C@@H](CN3CCOCC3)c3ccccc32)on1. The molecule has 4 rings (SSSR count). The molecule has 1 fully saturated rings. The lowest BCUT2D eigenvalue weighted by atomic mass is 10.0. The Hall–Kier alpha value is -2.38. The summed E-state index contributed by atoms with van der Waals surface area (Å²) >= 11 is 0. The van der Waals surface area contributed by atoms with Gasteiger partial charge in [-0.05, 0) is 23.7 Å². The highest BCUT2D eigenvalue weighted by Gasteiger charge is 2.33. The molecular formula is C21H27N3O4. The Balaban J connectivity index is 1.39. The monoisotopic (exact) mass is 385 g/mol. The molecule has 0 N–H and O–H groups in total. The largest absolute Gasteiger partial charge is 0.476 e. The number of morpholine rings is 1. The molecular weight excluding hydrogens is 358 g/mol. The Morgan fingerprint density at radius 1 is 1.29 bits per heavy atom. The molecule has 0 saturated carbocycles. The molecule has 3 heterocycles. The summed E-state index contributed by atoms with van der Waals surface area (Å²) in [6.45, 7) is 7.63. The van der Waals surface area contributed by atoms with Crippen LogP contribution >= 0.6 is 0 Å². The second-order valence-electron chi connectivity index (χ2n) is 7.24. The van der Waals surface area contributed by atoms with E-state index in [1.54, 1.807) is 6.07 Å². The first-order valence-electron chi connectivity index (χ1n) is 10.0. The van der Waals surface area contributed by atoms with Crippen molar-refractivity contribution in [2.75, 3.05) is 50.9 Å². The molecule has 150 valence electrons. The standard InChI is InChI=1S/C21H27N3O4/c1-2-27-20-13-17(28-22-20)7-8-21(25)24-15-16(14-23-9-11-26-12-10-23)18-5-3-4-6-19(18)24/h3-6,13,16H,2,7-12,14-15H2,1H3/t16-/m1/s1. The average Bonchev–Trinajstić information content (AvgIpc) is 3.32. The third-order valence-corrected chi connectivity index (χ3v) is 5.37. The first-order valence-corrected chi connectivity index (χ1v) is 10.0. The highest BCUT2D eigenvalue weighted by Crippen LogP contribution is 2.37. The highest BCUT2D eigenvalue weighted by molar-refractivity contribution is 5.96. The Morgan fingerprint density at radius 3 is 2.93 bits per heavy atom. The van der Waals surface area contributed by atoms with Gasteiger partial charge in [0.05, 0.1) is 19.8 Å². The molecule has 0 unspecified atom stereocenters. The van der Waals surface area contributed by atoms with Gasteiger partial charge in [-0.2, -0.15) is 0 Å². The van der Waals surface area contributed by atoms with Crippen molar-refractivity contribution in [1.29, 1.82) is 0 Å². The molecule has 1 saturated heterocycles. The van der Waals surface area contributed by atoms with Crippen molar-refractivity contribution in [3.8, 4) is 5.88 Å². The van der Waals surface area contributed by atoms with Crippen LogP contribution in [0, 0.1) is 0 Å². The van der Waals surface area contributed by atoms with Gasteiger partial charge in [-0.1, -0.05) is 18.2 Å². The molecule has 2 aliphatic heterocycles. The van der Waals surface area contributed by atoms with Crippen molar-refractivity contribution in [2.45, 2.75) is 25.7 Å². The van der Waals surface area contributed by atoms with E-state index in [-0.39, 0.29) is 5.91 Å².